The quantitative estimate of drug-likeness (QED) is 0.0616. The molecule has 10 aromatic heterocycles. The van der Waals surface area contributed by atoms with Gasteiger partial charge in [-0.2, -0.15) is 49.7 Å². The van der Waals surface area contributed by atoms with Crippen LogP contribution in [-0.4, -0.2) is 15.1 Å². The van der Waals surface area contributed by atoms with Crippen molar-refractivity contribution in [1.82, 2.24) is 9.97 Å². The Kier molecular flexibility index (Phi) is 27.5. The van der Waals surface area contributed by atoms with Crippen molar-refractivity contribution in [3.8, 4) is 90.1 Å². The van der Waals surface area contributed by atoms with E-state index in [-0.39, 0.29) is 25.9 Å². The normalized spacial score (nSPS) is 12.0. The molecule has 1 N–H and O–H groups in total. The van der Waals surface area contributed by atoms with Gasteiger partial charge in [0.15, 0.2) is 114 Å². The first-order chi connectivity index (χ1) is 66.5. The first kappa shape index (κ1) is 91.4. The molecule has 10 aromatic carbocycles. The van der Waals surface area contributed by atoms with Crippen molar-refractivity contribution < 1.29 is 92.5 Å². The van der Waals surface area contributed by atoms with Gasteiger partial charge >= 0.3 is 6.18 Å². The molecule has 0 spiro atoms. The van der Waals surface area contributed by atoms with Gasteiger partial charge in [0.05, 0.1) is 49.9 Å². The number of nitrogens with zero attached hydrogens (tertiary/aromatic N) is 10. The van der Waals surface area contributed by atoms with E-state index in [4.69, 9.17) is 5.11 Å². The summed E-state index contributed by atoms with van der Waals surface area (Å²) in [5, 5.41) is 12.9. The third kappa shape index (κ3) is 20.3. The third-order valence-electron chi connectivity index (χ3n) is 24.8. The molecular weight excluding hydrogens is 1900 g/mol. The first-order valence-electron chi connectivity index (χ1n) is 44.9. The first-order valence-corrected chi connectivity index (χ1v) is 44.9. The second-order valence-electron chi connectivity index (χ2n) is 33.7. The summed E-state index contributed by atoms with van der Waals surface area (Å²) in [5.74, 6) is -2.55. The molecular formula is C118H92F7IrN10O+7. The topological polar surface area (TPSA) is 77.0 Å². The number of alkyl halides is 3. The van der Waals surface area contributed by atoms with Crippen LogP contribution < -0.4 is 36.5 Å². The SMILES string of the molecule is C=C(O)c1ccccn1.Cc1ccc2c(c1)C[n+]1ccccc1-2.FC(F)(F)c1ccc2c(c1)C[n+]1ccccc1-2.Fc1cc(F)c2c(c1)C[n+]1ccccc1-2.Fc1cc2c(cc1F)-c1cccc[n+]1C2.[Ir].[c-]1ccccc1-c1ccccn1.c1cc2c3c(c1)ccc1ccc[n+](c13)C2.c1ccc2c(c1)C[n+]1ccccc1-2.c1ccc2c(c1)C[n+]1ccccc1-2.c1ccc2c(c1)C[n+]1ccccc1-2. The zero-order valence-corrected chi connectivity index (χ0v) is 77.1. The molecule has 28 rings (SSSR count). The minimum atomic E-state index is -4.27. The van der Waals surface area contributed by atoms with E-state index in [0.29, 0.717) is 36.5 Å². The molecule has 8 aliphatic rings. The fourth-order valence-electron chi connectivity index (χ4n) is 18.5. The van der Waals surface area contributed by atoms with Gasteiger partial charge in [-0.25, -0.2) is 17.6 Å². The molecule has 0 aliphatic carbocycles. The summed E-state index contributed by atoms with van der Waals surface area (Å²) in [6, 6.07) is 121. The maximum absolute atomic E-state index is 13.6. The minimum Gasteiger partial charge on any atom is -0.506 e. The van der Waals surface area contributed by atoms with Crippen LogP contribution in [0.3, 0.4) is 0 Å². The standard InChI is InChI=1S/C14H10N.C13H9F3N.C13H12N.2C12H8F2N.3C12H10N.C11H8N.C7H7NO.Ir/c1-3-10-6-7-11-5-2-8-15-9-12(4-1)13(10)14(11)15;14-13(15,16)10-4-5-11-9(7-10)8-17-6-2-1-3-12(11)17;1-10-5-6-12-11(8-10)9-14-7-3-2-4-13(12)14;13-10-5-8-7-15-4-2-1-3-12(15)9(8)6-11(10)14;13-9-5-8-7-15-4-2-1-3-11(15)12(8)10(14)6-9;3*1-2-6-11-10(5-1)9-13-8-4-3-7-12(11)13;1-2-6-10(7-3-1)11-8-4-5-9-12-11;1-6(9)7-4-2-3-5-8-7;/h1-8H,9H2;1-7H,8H2;2-8H,9H2,1H3;2*1-6H,7H2;3*1-8H,9H2;1-6,8-9H;2-5,9H,1H2;/q8*+1;-1;;. The van der Waals surface area contributed by atoms with Crippen molar-refractivity contribution in [3.63, 3.8) is 0 Å². The number of benzene rings is 10. The van der Waals surface area contributed by atoms with E-state index in [9.17, 15) is 30.7 Å². The second-order valence-corrected chi connectivity index (χ2v) is 33.7. The third-order valence-corrected chi connectivity index (χ3v) is 24.8. The number of hydrogen-bond donors (Lipinski definition) is 1. The minimum absolute atomic E-state index is 0. The predicted molar refractivity (Wildman–Crippen MR) is 513 cm³/mol. The van der Waals surface area contributed by atoms with Gasteiger partial charge < -0.3 is 10.1 Å². The molecule has 19 heteroatoms. The zero-order chi connectivity index (χ0) is 93.2. The van der Waals surface area contributed by atoms with Gasteiger partial charge in [0, 0.05) is 179 Å². The molecule has 20 aromatic rings. The van der Waals surface area contributed by atoms with E-state index in [1.807, 2.05) is 129 Å². The van der Waals surface area contributed by atoms with Gasteiger partial charge in [0.1, 0.15) is 23.1 Å². The number of aryl methyl sites for hydroxylation is 1. The van der Waals surface area contributed by atoms with E-state index in [2.05, 4.69) is 290 Å². The van der Waals surface area contributed by atoms with Crippen LogP contribution in [0.1, 0.15) is 61.3 Å². The van der Waals surface area contributed by atoms with Crippen molar-refractivity contribution in [2.24, 2.45) is 0 Å². The molecule has 1 radical (unpaired) electrons. The van der Waals surface area contributed by atoms with Crippen LogP contribution in [0.25, 0.3) is 117 Å². The molecule has 137 heavy (non-hydrogen) atoms. The molecule has 11 nitrogen and oxygen atoms in total. The van der Waals surface area contributed by atoms with E-state index in [1.165, 1.54) is 124 Å². The Bertz CT molecular complexity index is 7420. The van der Waals surface area contributed by atoms with E-state index >= 15 is 0 Å². The zero-order valence-electron chi connectivity index (χ0n) is 74.7. The summed E-state index contributed by atoms with van der Waals surface area (Å²) >= 11 is 0. The number of aliphatic hydroxyl groups excluding tert-OH is 1. The Morgan fingerprint density at radius 3 is 1.21 bits per heavy atom. The van der Waals surface area contributed by atoms with E-state index in [1.54, 1.807) is 36.7 Å². The number of hydrogen-bond acceptors (Lipinski definition) is 3. The van der Waals surface area contributed by atoms with Gasteiger partial charge in [0.2, 0.25) is 45.4 Å². The summed E-state index contributed by atoms with van der Waals surface area (Å²) in [6.45, 7) is 12.2. The predicted octanol–water partition coefficient (Wildman–Crippen LogP) is 22.7. The largest absolute Gasteiger partial charge is 0.506 e. The maximum Gasteiger partial charge on any atom is 0.416 e. The van der Waals surface area contributed by atoms with Crippen LogP contribution in [0.4, 0.5) is 30.7 Å². The fourth-order valence-corrected chi connectivity index (χ4v) is 18.5. The number of pyridine rings is 10. The Morgan fingerprint density at radius 1 is 0.321 bits per heavy atom. The van der Waals surface area contributed by atoms with Gasteiger partial charge in [-0.15, -0.1) is 35.9 Å². The van der Waals surface area contributed by atoms with Crippen molar-refractivity contribution in [1.29, 1.82) is 0 Å². The fraction of sp³-hybridized carbons (Fsp3) is 0.0847. The van der Waals surface area contributed by atoms with Crippen molar-refractivity contribution in [2.45, 2.75) is 65.5 Å². The summed E-state index contributed by atoms with van der Waals surface area (Å²) in [5.41, 5.74) is 29.9. The van der Waals surface area contributed by atoms with Crippen LogP contribution in [0.15, 0.2) is 433 Å². The Hall–Kier alpha value is -16.1. The van der Waals surface area contributed by atoms with Crippen LogP contribution in [0.2, 0.25) is 0 Å². The number of halogens is 7. The molecule has 0 saturated heterocycles. The molecule has 18 heterocycles. The van der Waals surface area contributed by atoms with Gasteiger partial charge in [-0.1, -0.05) is 115 Å². The number of aromatic nitrogens is 10. The average Bonchev–Trinajstić information content (AvgIpc) is 1.59. The number of fused-ring (bicyclic) bond motifs is 21. The second kappa shape index (κ2) is 41.2. The molecule has 0 bridgehead atoms. The van der Waals surface area contributed by atoms with Crippen LogP contribution in [0.5, 0.6) is 0 Å². The van der Waals surface area contributed by atoms with Crippen molar-refractivity contribution in [3.05, 3.63) is 523 Å². The van der Waals surface area contributed by atoms with E-state index in [0.717, 1.165) is 95.4 Å². The van der Waals surface area contributed by atoms with Crippen LogP contribution in [0, 0.1) is 36.3 Å². The summed E-state index contributed by atoms with van der Waals surface area (Å²) < 4.78 is 108. The van der Waals surface area contributed by atoms with Crippen LogP contribution in [-0.2, 0) is 78.6 Å². The average molecular weight is 1990 g/mol. The Morgan fingerprint density at radius 2 is 0.723 bits per heavy atom. The summed E-state index contributed by atoms with van der Waals surface area (Å²) in [4.78, 5) is 8.05. The van der Waals surface area contributed by atoms with E-state index < -0.39 is 35.0 Å². The smallest absolute Gasteiger partial charge is 0.416 e. The van der Waals surface area contributed by atoms with Crippen molar-refractivity contribution in [2.75, 3.05) is 0 Å². The summed E-state index contributed by atoms with van der Waals surface area (Å²) in [7, 11) is 0. The monoisotopic (exact) mass is 1990 g/mol. The molecule has 0 unspecified atom stereocenters. The molecule has 8 aliphatic heterocycles. The maximum atomic E-state index is 13.6. The van der Waals surface area contributed by atoms with Crippen LogP contribution >= 0.6 is 0 Å². The van der Waals surface area contributed by atoms with Crippen molar-refractivity contribution >= 4 is 27.4 Å². The molecule has 0 amide bonds. The molecule has 0 atom stereocenters. The molecule has 0 fully saturated rings. The summed E-state index contributed by atoms with van der Waals surface area (Å²) in [6.07, 6.45) is 15.5. The van der Waals surface area contributed by atoms with Gasteiger partial charge in [-0.05, 0) is 158 Å². The Balaban J connectivity index is 0.000000101. The number of aliphatic hydroxyl groups is 1. The number of rotatable bonds is 2. The Labute approximate surface area is 803 Å². The molecule has 671 valence electrons. The molecule has 0 saturated carbocycles. The van der Waals surface area contributed by atoms with Gasteiger partial charge in [0.25, 0.3) is 0 Å². The van der Waals surface area contributed by atoms with Gasteiger partial charge in [-0.3, -0.25) is 4.98 Å².